The van der Waals surface area contributed by atoms with E-state index in [9.17, 15) is 9.59 Å². The average molecular weight is 509 g/mol. The van der Waals surface area contributed by atoms with Gasteiger partial charge in [-0.3, -0.25) is 9.59 Å². The number of nitrogens with zero attached hydrogens (tertiary/aromatic N) is 3. The van der Waals surface area contributed by atoms with E-state index in [0.717, 1.165) is 33.6 Å². The summed E-state index contributed by atoms with van der Waals surface area (Å²) in [4.78, 5) is 28.5. The third-order valence-corrected chi connectivity index (χ3v) is 6.46. The van der Waals surface area contributed by atoms with E-state index in [2.05, 4.69) is 39.1 Å². The van der Waals surface area contributed by atoms with Gasteiger partial charge < -0.3 is 10.2 Å². The van der Waals surface area contributed by atoms with Crippen molar-refractivity contribution in [3.63, 3.8) is 0 Å². The van der Waals surface area contributed by atoms with Gasteiger partial charge in [0, 0.05) is 23.6 Å². The van der Waals surface area contributed by atoms with Crippen LogP contribution in [0.15, 0.2) is 78.9 Å². The molecule has 6 heteroatoms. The standard InChI is InChI=1S/C32H36N4O2/c1-22-12-15-26(16-13-22)31(38)35(20-25-10-8-7-9-11-25)21-30(37)33-29-19-28(32(4,5)6)34-36(29)27-17-14-23(2)18-24(27)3/h7-19H,20-21H2,1-6H3,(H,33,37). The monoisotopic (exact) mass is 508 g/mol. The summed E-state index contributed by atoms with van der Waals surface area (Å²) < 4.78 is 1.79. The molecule has 0 atom stereocenters. The summed E-state index contributed by atoms with van der Waals surface area (Å²) in [5, 5.41) is 7.90. The minimum atomic E-state index is -0.284. The molecule has 0 bridgehead atoms. The van der Waals surface area contributed by atoms with Crippen LogP contribution in [-0.4, -0.2) is 33.0 Å². The zero-order chi connectivity index (χ0) is 27.4. The Balaban J connectivity index is 1.64. The second-order valence-corrected chi connectivity index (χ2v) is 10.9. The molecule has 3 aromatic carbocycles. The van der Waals surface area contributed by atoms with Crippen LogP contribution < -0.4 is 5.32 Å². The van der Waals surface area contributed by atoms with E-state index >= 15 is 0 Å². The fraction of sp³-hybridized carbons (Fsp3) is 0.281. The molecule has 1 N–H and O–H groups in total. The average Bonchev–Trinajstić information content (AvgIpc) is 3.28. The molecule has 0 aliphatic rings. The molecule has 0 aliphatic carbocycles. The molecule has 6 nitrogen and oxygen atoms in total. The van der Waals surface area contributed by atoms with Crippen LogP contribution in [0.1, 0.15) is 59.1 Å². The van der Waals surface area contributed by atoms with Crippen molar-refractivity contribution in [3.05, 3.63) is 112 Å². The number of rotatable bonds is 7. The molecule has 2 amide bonds. The van der Waals surface area contributed by atoms with Gasteiger partial charge in [-0.1, -0.05) is 86.5 Å². The fourth-order valence-corrected chi connectivity index (χ4v) is 4.30. The van der Waals surface area contributed by atoms with Crippen molar-refractivity contribution in [1.82, 2.24) is 14.7 Å². The molecule has 0 radical (unpaired) electrons. The Kier molecular flexibility index (Phi) is 7.81. The van der Waals surface area contributed by atoms with E-state index in [-0.39, 0.29) is 23.8 Å². The molecule has 0 saturated heterocycles. The van der Waals surface area contributed by atoms with E-state index in [1.165, 1.54) is 0 Å². The Bertz CT molecular complexity index is 1430. The predicted octanol–water partition coefficient (Wildman–Crippen LogP) is 6.38. The van der Waals surface area contributed by atoms with Crippen molar-refractivity contribution in [2.24, 2.45) is 0 Å². The number of carbonyl (C=O) groups is 2. The number of amides is 2. The van der Waals surface area contributed by atoms with Gasteiger partial charge in [0.25, 0.3) is 5.91 Å². The zero-order valence-electron chi connectivity index (χ0n) is 23.1. The SMILES string of the molecule is Cc1ccc(C(=O)N(CC(=O)Nc2cc(C(C)(C)C)nn2-c2ccc(C)cc2C)Cc2ccccc2)cc1. The zero-order valence-corrected chi connectivity index (χ0v) is 23.1. The number of nitrogens with one attached hydrogen (secondary N) is 1. The Morgan fingerprint density at radius 2 is 1.53 bits per heavy atom. The van der Waals surface area contributed by atoms with Gasteiger partial charge in [-0.05, 0) is 50.1 Å². The lowest BCUT2D eigenvalue weighted by molar-refractivity contribution is -0.117. The summed E-state index contributed by atoms with van der Waals surface area (Å²) in [6, 6.07) is 25.2. The van der Waals surface area contributed by atoms with Gasteiger partial charge in [0.05, 0.1) is 11.4 Å². The number of hydrogen-bond acceptors (Lipinski definition) is 3. The van der Waals surface area contributed by atoms with Crippen LogP contribution in [0.2, 0.25) is 0 Å². The molecule has 0 fully saturated rings. The van der Waals surface area contributed by atoms with Crippen LogP contribution >= 0.6 is 0 Å². The van der Waals surface area contributed by atoms with Gasteiger partial charge in [0.1, 0.15) is 12.4 Å². The summed E-state index contributed by atoms with van der Waals surface area (Å²) in [7, 11) is 0. The summed E-state index contributed by atoms with van der Waals surface area (Å²) in [5.74, 6) is 0.101. The Labute approximate surface area is 225 Å². The normalized spacial score (nSPS) is 11.3. The highest BCUT2D eigenvalue weighted by molar-refractivity contribution is 5.99. The van der Waals surface area contributed by atoms with Gasteiger partial charge >= 0.3 is 0 Å². The fourth-order valence-electron chi connectivity index (χ4n) is 4.30. The number of anilines is 1. The predicted molar refractivity (Wildman–Crippen MR) is 153 cm³/mol. The van der Waals surface area contributed by atoms with E-state index in [0.29, 0.717) is 17.9 Å². The quantitative estimate of drug-likeness (QED) is 0.315. The van der Waals surface area contributed by atoms with Crippen LogP contribution in [0.4, 0.5) is 5.82 Å². The highest BCUT2D eigenvalue weighted by Crippen LogP contribution is 2.28. The topological polar surface area (TPSA) is 67.2 Å². The summed E-state index contributed by atoms with van der Waals surface area (Å²) >= 11 is 0. The number of carbonyl (C=O) groups excluding carboxylic acids is 2. The molecule has 1 heterocycles. The minimum absolute atomic E-state index is 0.0927. The van der Waals surface area contributed by atoms with Crippen LogP contribution in [0.3, 0.4) is 0 Å². The molecule has 0 unspecified atom stereocenters. The second-order valence-electron chi connectivity index (χ2n) is 10.9. The van der Waals surface area contributed by atoms with E-state index in [1.807, 2.05) is 74.5 Å². The van der Waals surface area contributed by atoms with Crippen molar-refractivity contribution in [2.75, 3.05) is 11.9 Å². The summed E-state index contributed by atoms with van der Waals surface area (Å²) in [6.45, 7) is 12.6. The first-order chi connectivity index (χ1) is 18.0. The number of aryl methyl sites for hydroxylation is 3. The van der Waals surface area contributed by atoms with Crippen molar-refractivity contribution >= 4 is 17.6 Å². The maximum Gasteiger partial charge on any atom is 0.254 e. The smallest absolute Gasteiger partial charge is 0.254 e. The third-order valence-electron chi connectivity index (χ3n) is 6.46. The molecule has 1 aromatic heterocycles. The maximum absolute atomic E-state index is 13.5. The van der Waals surface area contributed by atoms with Gasteiger partial charge in [-0.2, -0.15) is 5.10 Å². The first-order valence-corrected chi connectivity index (χ1v) is 12.9. The lowest BCUT2D eigenvalue weighted by Crippen LogP contribution is -2.37. The van der Waals surface area contributed by atoms with Crippen molar-refractivity contribution in [3.8, 4) is 5.69 Å². The molecular formula is C32H36N4O2. The van der Waals surface area contributed by atoms with Crippen LogP contribution in [0, 0.1) is 20.8 Å². The Hall–Kier alpha value is -4.19. The molecule has 0 aliphatic heterocycles. The number of aromatic nitrogens is 2. The number of benzene rings is 3. The van der Waals surface area contributed by atoms with Gasteiger partial charge in [0.15, 0.2) is 0 Å². The van der Waals surface area contributed by atoms with Crippen molar-refractivity contribution in [1.29, 1.82) is 0 Å². The first-order valence-electron chi connectivity index (χ1n) is 12.9. The molecule has 4 aromatic rings. The van der Waals surface area contributed by atoms with E-state index < -0.39 is 0 Å². The Morgan fingerprint density at radius 3 is 2.16 bits per heavy atom. The molecule has 196 valence electrons. The maximum atomic E-state index is 13.5. The molecule has 0 spiro atoms. The highest BCUT2D eigenvalue weighted by atomic mass is 16.2. The summed E-state index contributed by atoms with van der Waals surface area (Å²) in [6.07, 6.45) is 0. The van der Waals surface area contributed by atoms with Crippen molar-refractivity contribution < 1.29 is 9.59 Å². The van der Waals surface area contributed by atoms with Gasteiger partial charge in [0.2, 0.25) is 5.91 Å². The minimum Gasteiger partial charge on any atom is -0.325 e. The van der Waals surface area contributed by atoms with E-state index in [4.69, 9.17) is 5.10 Å². The summed E-state index contributed by atoms with van der Waals surface area (Å²) in [5.41, 5.74) is 6.36. The number of hydrogen-bond donors (Lipinski definition) is 1. The third kappa shape index (κ3) is 6.38. The molecule has 4 rings (SSSR count). The second kappa shape index (κ2) is 11.1. The lowest BCUT2D eigenvalue weighted by atomic mass is 9.92. The highest BCUT2D eigenvalue weighted by Gasteiger charge is 2.24. The molecule has 38 heavy (non-hydrogen) atoms. The Morgan fingerprint density at radius 1 is 0.868 bits per heavy atom. The van der Waals surface area contributed by atoms with Crippen LogP contribution in [0.25, 0.3) is 5.69 Å². The van der Waals surface area contributed by atoms with Crippen molar-refractivity contribution in [2.45, 2.75) is 53.5 Å². The van der Waals surface area contributed by atoms with Gasteiger partial charge in [-0.15, -0.1) is 0 Å². The molecular weight excluding hydrogens is 472 g/mol. The van der Waals surface area contributed by atoms with Crippen LogP contribution in [-0.2, 0) is 16.8 Å². The first kappa shape index (κ1) is 26.9. The molecule has 0 saturated carbocycles. The largest absolute Gasteiger partial charge is 0.325 e. The van der Waals surface area contributed by atoms with E-state index in [1.54, 1.807) is 21.7 Å². The lowest BCUT2D eigenvalue weighted by Gasteiger charge is -2.23. The van der Waals surface area contributed by atoms with Gasteiger partial charge in [-0.25, -0.2) is 4.68 Å². The van der Waals surface area contributed by atoms with Crippen LogP contribution in [0.5, 0.6) is 0 Å².